The number of rotatable bonds is 9. The van der Waals surface area contributed by atoms with Crippen LogP contribution in [0.2, 0.25) is 0 Å². The van der Waals surface area contributed by atoms with Gasteiger partial charge in [0.2, 0.25) is 10.0 Å². The number of hydrogen-bond acceptors (Lipinski definition) is 7. The molecule has 0 unspecified atom stereocenters. The minimum Gasteiger partial charge on any atom is -0.493 e. The van der Waals surface area contributed by atoms with Crippen molar-refractivity contribution in [2.75, 3.05) is 38.2 Å². The fourth-order valence-electron chi connectivity index (χ4n) is 8.00. The number of benzene rings is 3. The molecule has 1 N–H and O–H groups in total. The highest BCUT2D eigenvalue weighted by Crippen LogP contribution is 2.46. The van der Waals surface area contributed by atoms with Gasteiger partial charge in [-0.05, 0) is 107 Å². The number of halogens is 1. The highest BCUT2D eigenvalue weighted by atomic mass is 32.2. The van der Waals surface area contributed by atoms with E-state index in [9.17, 15) is 27.5 Å². The summed E-state index contributed by atoms with van der Waals surface area (Å²) in [5.41, 5.74) is 0.996. The van der Waals surface area contributed by atoms with E-state index in [1.807, 2.05) is 51.1 Å². The van der Waals surface area contributed by atoms with Crippen LogP contribution in [0.25, 0.3) is 11.1 Å². The quantitative estimate of drug-likeness (QED) is 0.216. The number of carboxylic acid groups (broad SMARTS) is 1. The first-order chi connectivity index (χ1) is 25.2. The molecule has 12 heteroatoms. The van der Waals surface area contributed by atoms with Crippen LogP contribution < -0.4 is 9.64 Å². The molecule has 1 saturated carbocycles. The van der Waals surface area contributed by atoms with Crippen LogP contribution in [-0.4, -0.2) is 79.7 Å². The maximum absolute atomic E-state index is 14.6. The average Bonchev–Trinajstić information content (AvgIpc) is 3.21. The van der Waals surface area contributed by atoms with Crippen molar-refractivity contribution in [3.8, 4) is 16.9 Å². The molecular weight excluding hydrogens is 698 g/mol. The lowest BCUT2D eigenvalue weighted by Crippen LogP contribution is -2.46. The highest BCUT2D eigenvalue weighted by Gasteiger charge is 2.41. The second kappa shape index (κ2) is 16.1. The van der Waals surface area contributed by atoms with Crippen molar-refractivity contribution >= 4 is 33.5 Å². The molecular formula is C41H52FN3O7S. The Bertz CT molecular complexity index is 1890. The number of piperidine rings is 1. The Labute approximate surface area is 312 Å². The van der Waals surface area contributed by atoms with Gasteiger partial charge in [-0.2, -0.15) is 4.31 Å². The summed E-state index contributed by atoms with van der Waals surface area (Å²) in [4.78, 5) is 28.4. The van der Waals surface area contributed by atoms with Crippen LogP contribution in [0, 0.1) is 17.7 Å². The molecule has 10 nitrogen and oxygen atoms in total. The zero-order valence-corrected chi connectivity index (χ0v) is 32.0. The lowest BCUT2D eigenvalue weighted by molar-refractivity contribution is 0.0179. The van der Waals surface area contributed by atoms with Gasteiger partial charge in [0.25, 0.3) is 0 Å². The predicted octanol–water partition coefficient (Wildman–Crippen LogP) is 8.72. The number of anilines is 2. The summed E-state index contributed by atoms with van der Waals surface area (Å²) in [6.07, 6.45) is 8.20. The lowest BCUT2D eigenvalue weighted by Gasteiger charge is -2.36. The second-order valence-electron chi connectivity index (χ2n) is 15.7. The van der Waals surface area contributed by atoms with Gasteiger partial charge in [-0.15, -0.1) is 0 Å². The third-order valence-corrected chi connectivity index (χ3v) is 12.8. The van der Waals surface area contributed by atoms with Gasteiger partial charge in [-0.1, -0.05) is 43.5 Å². The first kappa shape index (κ1) is 38.6. The molecule has 2 fully saturated rings. The number of likely N-dealkylation sites (N-methyl/N-ethyl adjacent to an activating group) is 1. The fraction of sp³-hybridized carbons (Fsp3) is 0.512. The van der Waals surface area contributed by atoms with Gasteiger partial charge in [0.15, 0.2) is 0 Å². The third kappa shape index (κ3) is 8.81. The second-order valence-corrected chi connectivity index (χ2v) is 17.6. The minimum absolute atomic E-state index is 0.0856. The van der Waals surface area contributed by atoms with Crippen molar-refractivity contribution in [2.45, 2.75) is 95.1 Å². The first-order valence-corrected chi connectivity index (χ1v) is 20.3. The molecule has 3 aromatic rings. The summed E-state index contributed by atoms with van der Waals surface area (Å²) in [6.45, 7) is 7.63. The molecule has 0 bridgehead atoms. The van der Waals surface area contributed by atoms with Crippen LogP contribution in [0.15, 0.2) is 65.6 Å². The van der Waals surface area contributed by atoms with Crippen molar-refractivity contribution in [1.29, 1.82) is 0 Å². The van der Waals surface area contributed by atoms with Crippen molar-refractivity contribution in [3.63, 3.8) is 0 Å². The van der Waals surface area contributed by atoms with Crippen LogP contribution in [0.4, 0.5) is 20.6 Å². The summed E-state index contributed by atoms with van der Waals surface area (Å²) in [5.74, 6) is -1.30. The molecule has 53 heavy (non-hydrogen) atoms. The van der Waals surface area contributed by atoms with Crippen LogP contribution >= 0.6 is 0 Å². The number of nitrogens with zero attached hydrogens (tertiary/aromatic N) is 3. The Balaban J connectivity index is 1.32. The van der Waals surface area contributed by atoms with Crippen LogP contribution in [0.3, 0.4) is 0 Å². The Hall–Kier alpha value is -4.16. The molecule has 3 aliphatic rings. The zero-order chi connectivity index (χ0) is 37.9. The normalized spacial score (nSPS) is 20.1. The summed E-state index contributed by atoms with van der Waals surface area (Å²) >= 11 is 0. The number of sulfonamides is 1. The van der Waals surface area contributed by atoms with E-state index < -0.39 is 33.0 Å². The van der Waals surface area contributed by atoms with E-state index in [0.717, 1.165) is 63.1 Å². The van der Waals surface area contributed by atoms with Gasteiger partial charge in [-0.3, -0.25) is 0 Å². The number of ether oxygens (including phenoxy) is 2. The maximum atomic E-state index is 14.6. The average molecular weight is 750 g/mol. The van der Waals surface area contributed by atoms with Gasteiger partial charge in [0.05, 0.1) is 17.9 Å². The standard InChI is InChI=1S/C41H52FN3O7S/c1-41(2,3)52-40(48)44-21-19-28(20-22-44)12-11-23-51-37-26-35-38(25-32(37)30-17-18-34(42)33(24-30)39(46)47)53(49,50)43(4)36(29-13-7-5-8-14-29)27-45(35)31-15-9-6-10-16-31/h6,9-10,15-18,24-26,28-29,36H,5,7-8,11-14,19-23,27H2,1-4H3,(H,46,47)/t36-/m0/s1. The minimum atomic E-state index is -4.03. The Morgan fingerprint density at radius 1 is 0.943 bits per heavy atom. The van der Waals surface area contributed by atoms with Gasteiger partial charge < -0.3 is 24.4 Å². The first-order valence-electron chi connectivity index (χ1n) is 18.9. The smallest absolute Gasteiger partial charge is 0.410 e. The van der Waals surface area contributed by atoms with E-state index in [4.69, 9.17) is 9.47 Å². The van der Waals surface area contributed by atoms with E-state index in [0.29, 0.717) is 61.1 Å². The summed E-state index contributed by atoms with van der Waals surface area (Å²) in [7, 11) is -2.37. The van der Waals surface area contributed by atoms with Crippen LogP contribution in [0.1, 0.15) is 88.9 Å². The summed E-state index contributed by atoms with van der Waals surface area (Å²) in [6, 6.07) is 16.6. The molecule has 0 radical (unpaired) electrons. The molecule has 286 valence electrons. The molecule has 6 rings (SSSR count). The van der Waals surface area contributed by atoms with E-state index in [1.54, 1.807) is 24.1 Å². The number of likely N-dealkylation sites (tertiary alicyclic amines) is 1. The molecule has 3 aromatic carbocycles. The van der Waals surface area contributed by atoms with Crippen LogP contribution in [0.5, 0.6) is 5.75 Å². The number of carbonyl (C=O) groups excluding carboxylic acids is 1. The maximum Gasteiger partial charge on any atom is 0.410 e. The van der Waals surface area contributed by atoms with Crippen molar-refractivity contribution in [2.24, 2.45) is 11.8 Å². The molecule has 2 heterocycles. The van der Waals surface area contributed by atoms with Gasteiger partial charge in [0, 0.05) is 50.0 Å². The molecule has 1 amide bonds. The lowest BCUT2D eigenvalue weighted by atomic mass is 9.83. The Morgan fingerprint density at radius 3 is 2.30 bits per heavy atom. The van der Waals surface area contributed by atoms with Crippen LogP contribution in [-0.2, 0) is 14.8 Å². The van der Waals surface area contributed by atoms with E-state index >= 15 is 0 Å². The number of hydrogen-bond donors (Lipinski definition) is 1. The van der Waals surface area contributed by atoms with Gasteiger partial charge in [-0.25, -0.2) is 22.4 Å². The topological polar surface area (TPSA) is 117 Å². The zero-order valence-electron chi connectivity index (χ0n) is 31.2. The number of carboxylic acids is 1. The van der Waals surface area contributed by atoms with Crippen molar-refractivity contribution in [3.05, 3.63) is 72.0 Å². The number of amides is 1. The third-order valence-electron chi connectivity index (χ3n) is 10.9. The number of para-hydroxylation sites is 1. The van der Waals surface area contributed by atoms with Gasteiger partial charge in [0.1, 0.15) is 22.1 Å². The number of carbonyl (C=O) groups is 2. The molecule has 1 aliphatic carbocycles. The highest BCUT2D eigenvalue weighted by molar-refractivity contribution is 7.89. The summed E-state index contributed by atoms with van der Waals surface area (Å²) < 4.78 is 57.4. The molecule has 0 spiro atoms. The predicted molar refractivity (Wildman–Crippen MR) is 203 cm³/mol. The van der Waals surface area contributed by atoms with E-state index in [2.05, 4.69) is 4.90 Å². The van der Waals surface area contributed by atoms with E-state index in [-0.39, 0.29) is 22.9 Å². The molecule has 1 saturated heterocycles. The fourth-order valence-corrected chi connectivity index (χ4v) is 9.61. The Morgan fingerprint density at radius 2 is 1.64 bits per heavy atom. The SMILES string of the molecule is CN1[C@H](C2CCCCC2)CN(c2ccccc2)c2cc(OCCCC3CCN(C(=O)OC(C)(C)C)CC3)c(-c3ccc(F)c(C(=O)O)c3)cc2S1(=O)=O. The van der Waals surface area contributed by atoms with Crippen molar-refractivity contribution in [1.82, 2.24) is 9.21 Å². The number of aromatic carboxylic acids is 1. The molecule has 0 aromatic heterocycles. The van der Waals surface area contributed by atoms with Gasteiger partial charge >= 0.3 is 12.1 Å². The Kier molecular flexibility index (Phi) is 11.7. The number of fused-ring (bicyclic) bond motifs is 1. The largest absolute Gasteiger partial charge is 0.493 e. The van der Waals surface area contributed by atoms with E-state index in [1.165, 1.54) is 16.4 Å². The molecule has 1 atom stereocenters. The monoisotopic (exact) mass is 749 g/mol. The summed E-state index contributed by atoms with van der Waals surface area (Å²) in [5, 5.41) is 9.75. The van der Waals surface area contributed by atoms with Crippen molar-refractivity contribution < 1.29 is 37.0 Å². The molecule has 2 aliphatic heterocycles.